The monoisotopic (exact) mass is 323 g/mol. The van der Waals surface area contributed by atoms with Gasteiger partial charge in [0.25, 0.3) is 5.69 Å². The first-order valence-corrected chi connectivity index (χ1v) is 6.37. The van der Waals surface area contributed by atoms with Gasteiger partial charge in [-0.2, -0.15) is 0 Å². The molecule has 0 saturated heterocycles. The number of rotatable bonds is 4. The van der Waals surface area contributed by atoms with Crippen LogP contribution in [0.3, 0.4) is 0 Å². The molecular weight excluding hydrogens is 316 g/mol. The van der Waals surface area contributed by atoms with Crippen LogP contribution in [0.4, 0.5) is 5.69 Å². The fourth-order valence-electron chi connectivity index (χ4n) is 1.46. The van der Waals surface area contributed by atoms with Crippen molar-refractivity contribution in [1.82, 2.24) is 0 Å². The molecule has 0 aliphatic heterocycles. The van der Waals surface area contributed by atoms with Gasteiger partial charge in [-0.3, -0.25) is 14.9 Å². The minimum absolute atomic E-state index is 0.0355. The smallest absolute Gasteiger partial charge is 0.330 e. The molecule has 0 heterocycles. The molecule has 1 saturated carbocycles. The van der Waals surface area contributed by atoms with Crippen LogP contribution in [0, 0.1) is 10.1 Å². The molecule has 1 unspecified atom stereocenters. The average Bonchev–Trinajstić information content (AvgIpc) is 2.87. The first-order valence-electron chi connectivity index (χ1n) is 5.23. The molecular formula is C11H8Cl3NO4. The van der Waals surface area contributed by atoms with Gasteiger partial charge in [0.05, 0.1) is 4.92 Å². The fourth-order valence-corrected chi connectivity index (χ4v) is 2.41. The SMILES string of the molecule is O=C(OCc1ccc([N+](=O)[O-])cc1)C1(Cl)CC1(Cl)Cl. The Labute approximate surface area is 123 Å². The number of nitrogens with zero attached hydrogens (tertiary/aromatic N) is 1. The van der Waals surface area contributed by atoms with Gasteiger partial charge >= 0.3 is 5.97 Å². The second kappa shape index (κ2) is 4.81. The van der Waals surface area contributed by atoms with E-state index in [1.807, 2.05) is 0 Å². The van der Waals surface area contributed by atoms with E-state index in [1.165, 1.54) is 24.3 Å². The van der Waals surface area contributed by atoms with E-state index >= 15 is 0 Å². The number of non-ortho nitro benzene ring substituents is 1. The van der Waals surface area contributed by atoms with Crippen LogP contribution in [0.25, 0.3) is 0 Å². The standard InChI is InChI=1S/C11H8Cl3NO4/c12-10(6-11(10,13)14)9(16)19-5-7-1-3-8(4-2-7)15(17)18/h1-4H,5-6H2. The summed E-state index contributed by atoms with van der Waals surface area (Å²) in [5.41, 5.74) is 0.571. The molecule has 1 fully saturated rings. The van der Waals surface area contributed by atoms with Crippen LogP contribution in [-0.4, -0.2) is 20.1 Å². The van der Waals surface area contributed by atoms with Gasteiger partial charge in [-0.25, -0.2) is 0 Å². The molecule has 0 amide bonds. The van der Waals surface area contributed by atoms with Gasteiger partial charge < -0.3 is 4.74 Å². The highest BCUT2D eigenvalue weighted by atomic mass is 35.5. The maximum atomic E-state index is 11.7. The molecule has 1 atom stereocenters. The quantitative estimate of drug-likeness (QED) is 0.369. The van der Waals surface area contributed by atoms with Crippen LogP contribution in [0.1, 0.15) is 12.0 Å². The Balaban J connectivity index is 1.93. The van der Waals surface area contributed by atoms with Crippen molar-refractivity contribution in [3.8, 4) is 0 Å². The number of carbonyl (C=O) groups is 1. The number of nitro benzene ring substituents is 1. The van der Waals surface area contributed by atoms with Gasteiger partial charge in [-0.15, -0.1) is 11.6 Å². The Morgan fingerprint density at radius 2 is 1.84 bits per heavy atom. The van der Waals surface area contributed by atoms with Crippen LogP contribution >= 0.6 is 34.8 Å². The molecule has 102 valence electrons. The molecule has 1 aromatic carbocycles. The van der Waals surface area contributed by atoms with Gasteiger partial charge in [0.15, 0.2) is 9.21 Å². The van der Waals surface area contributed by atoms with Crippen molar-refractivity contribution in [2.75, 3.05) is 0 Å². The van der Waals surface area contributed by atoms with Gasteiger partial charge in [-0.05, 0) is 17.7 Å². The molecule has 1 aromatic rings. The third-order valence-electron chi connectivity index (χ3n) is 2.76. The van der Waals surface area contributed by atoms with E-state index < -0.39 is 20.1 Å². The van der Waals surface area contributed by atoms with Crippen LogP contribution in [-0.2, 0) is 16.1 Å². The Kier molecular flexibility index (Phi) is 3.64. The molecule has 1 aliphatic carbocycles. The van der Waals surface area contributed by atoms with Gasteiger partial charge in [0.2, 0.25) is 0 Å². The zero-order valence-electron chi connectivity index (χ0n) is 9.44. The number of benzene rings is 1. The molecule has 19 heavy (non-hydrogen) atoms. The Hall–Kier alpha value is -1.04. The lowest BCUT2D eigenvalue weighted by molar-refractivity contribution is -0.384. The van der Waals surface area contributed by atoms with Crippen LogP contribution in [0.2, 0.25) is 0 Å². The van der Waals surface area contributed by atoms with E-state index in [0.29, 0.717) is 5.56 Å². The molecule has 8 heteroatoms. The van der Waals surface area contributed by atoms with Crippen molar-refractivity contribution >= 4 is 46.5 Å². The number of halogens is 3. The summed E-state index contributed by atoms with van der Waals surface area (Å²) in [7, 11) is 0. The Bertz CT molecular complexity index is 531. The largest absolute Gasteiger partial charge is 0.459 e. The van der Waals surface area contributed by atoms with Crippen molar-refractivity contribution in [1.29, 1.82) is 0 Å². The lowest BCUT2D eigenvalue weighted by Crippen LogP contribution is -2.24. The molecule has 0 N–H and O–H groups in total. The summed E-state index contributed by atoms with van der Waals surface area (Å²) >= 11 is 17.4. The summed E-state index contributed by atoms with van der Waals surface area (Å²) in [6, 6.07) is 5.63. The molecule has 0 radical (unpaired) electrons. The van der Waals surface area contributed by atoms with Gasteiger partial charge in [-0.1, -0.05) is 23.2 Å². The predicted molar refractivity (Wildman–Crippen MR) is 70.5 cm³/mol. The lowest BCUT2D eigenvalue weighted by Gasteiger charge is -2.10. The van der Waals surface area contributed by atoms with Gasteiger partial charge in [0.1, 0.15) is 6.61 Å². The normalized spacial score (nSPS) is 23.7. The topological polar surface area (TPSA) is 69.4 Å². The first-order chi connectivity index (χ1) is 8.76. The van der Waals surface area contributed by atoms with Crippen molar-refractivity contribution in [2.24, 2.45) is 0 Å². The van der Waals surface area contributed by atoms with E-state index in [1.54, 1.807) is 0 Å². The summed E-state index contributed by atoms with van der Waals surface area (Å²) < 4.78 is 3.69. The summed E-state index contributed by atoms with van der Waals surface area (Å²) in [6.07, 6.45) is 0.129. The van der Waals surface area contributed by atoms with Crippen LogP contribution < -0.4 is 0 Å². The minimum Gasteiger partial charge on any atom is -0.459 e. The van der Waals surface area contributed by atoms with Crippen molar-refractivity contribution in [3.63, 3.8) is 0 Å². The summed E-state index contributed by atoms with van der Waals surface area (Å²) in [5, 5.41) is 10.5. The third kappa shape index (κ3) is 2.78. The molecule has 5 nitrogen and oxygen atoms in total. The maximum Gasteiger partial charge on any atom is 0.330 e. The highest BCUT2D eigenvalue weighted by molar-refractivity contribution is 6.61. The average molecular weight is 325 g/mol. The lowest BCUT2D eigenvalue weighted by atomic mass is 10.2. The molecule has 0 bridgehead atoms. The van der Waals surface area contributed by atoms with E-state index in [2.05, 4.69) is 0 Å². The molecule has 2 rings (SSSR count). The van der Waals surface area contributed by atoms with Crippen LogP contribution in [0.15, 0.2) is 24.3 Å². The third-order valence-corrected chi connectivity index (χ3v) is 4.48. The highest BCUT2D eigenvalue weighted by Crippen LogP contribution is 2.61. The summed E-state index contributed by atoms with van der Waals surface area (Å²) in [5.74, 6) is -0.697. The fraction of sp³-hybridized carbons (Fsp3) is 0.364. The number of alkyl halides is 3. The zero-order valence-corrected chi connectivity index (χ0v) is 11.7. The number of ether oxygens (including phenoxy) is 1. The molecule has 0 aromatic heterocycles. The number of carbonyl (C=O) groups excluding carboxylic acids is 1. The minimum atomic E-state index is -1.39. The Morgan fingerprint density at radius 3 is 2.26 bits per heavy atom. The maximum absolute atomic E-state index is 11.7. The van der Waals surface area contributed by atoms with E-state index in [9.17, 15) is 14.9 Å². The van der Waals surface area contributed by atoms with Crippen LogP contribution in [0.5, 0.6) is 0 Å². The second-order valence-corrected chi connectivity index (χ2v) is 6.31. The van der Waals surface area contributed by atoms with Crippen molar-refractivity contribution in [3.05, 3.63) is 39.9 Å². The molecule has 1 aliphatic rings. The summed E-state index contributed by atoms with van der Waals surface area (Å²) in [6.45, 7) is -0.0465. The second-order valence-electron chi connectivity index (χ2n) is 4.18. The predicted octanol–water partition coefficient (Wildman–Crippen LogP) is 3.19. The van der Waals surface area contributed by atoms with Gasteiger partial charge in [0, 0.05) is 18.6 Å². The number of hydrogen-bond donors (Lipinski definition) is 0. The molecule has 0 spiro atoms. The zero-order chi connectivity index (χ0) is 14.3. The van der Waals surface area contributed by atoms with E-state index in [0.717, 1.165) is 0 Å². The highest BCUT2D eigenvalue weighted by Gasteiger charge is 2.72. The van der Waals surface area contributed by atoms with Crippen molar-refractivity contribution < 1.29 is 14.5 Å². The Morgan fingerprint density at radius 1 is 1.32 bits per heavy atom. The number of hydrogen-bond acceptors (Lipinski definition) is 4. The summed E-state index contributed by atoms with van der Waals surface area (Å²) in [4.78, 5) is 20.2. The first kappa shape index (κ1) is 14.4. The van der Waals surface area contributed by atoms with E-state index in [4.69, 9.17) is 39.5 Å². The van der Waals surface area contributed by atoms with E-state index in [-0.39, 0.29) is 18.7 Å². The number of esters is 1. The van der Waals surface area contributed by atoms with Crippen molar-refractivity contribution in [2.45, 2.75) is 22.2 Å². The number of nitro groups is 1.